The number of anilines is 1. The van der Waals surface area contributed by atoms with Gasteiger partial charge in [-0.25, -0.2) is 17.8 Å². The van der Waals surface area contributed by atoms with Crippen LogP contribution >= 0.6 is 0 Å². The third-order valence-electron chi connectivity index (χ3n) is 4.56. The molecule has 1 N–H and O–H groups in total. The molecule has 0 fully saturated rings. The summed E-state index contributed by atoms with van der Waals surface area (Å²) in [7, 11) is -3.43. The third-order valence-corrected chi connectivity index (χ3v) is 5.17. The van der Waals surface area contributed by atoms with E-state index in [2.05, 4.69) is 9.82 Å². The largest absolute Gasteiger partial charge is 0.467 e. The van der Waals surface area contributed by atoms with Gasteiger partial charge in [0, 0.05) is 17.7 Å². The monoisotopic (exact) mass is 427 g/mol. The summed E-state index contributed by atoms with van der Waals surface area (Å²) in [5, 5.41) is 5.76. The second kappa shape index (κ2) is 7.75. The van der Waals surface area contributed by atoms with Gasteiger partial charge in [-0.3, -0.25) is 9.52 Å². The van der Waals surface area contributed by atoms with Gasteiger partial charge in [0.2, 0.25) is 10.0 Å². The van der Waals surface area contributed by atoms with Crippen LogP contribution in [0.4, 0.5) is 10.1 Å². The number of carbonyl (C=O) groups is 1. The predicted molar refractivity (Wildman–Crippen MR) is 110 cm³/mol. The van der Waals surface area contributed by atoms with Crippen molar-refractivity contribution >= 4 is 27.3 Å². The molecule has 1 aliphatic rings. The van der Waals surface area contributed by atoms with Crippen molar-refractivity contribution in [2.75, 3.05) is 11.0 Å². The number of rotatable bonds is 5. The van der Waals surface area contributed by atoms with Gasteiger partial charge in [0.1, 0.15) is 17.6 Å². The van der Waals surface area contributed by atoms with E-state index in [0.29, 0.717) is 29.1 Å². The lowest BCUT2D eigenvalue weighted by Crippen LogP contribution is -2.26. The number of benzene rings is 2. The Morgan fingerprint density at radius 2 is 1.97 bits per heavy atom. The zero-order valence-corrected chi connectivity index (χ0v) is 16.8. The summed E-state index contributed by atoms with van der Waals surface area (Å²) in [6, 6.07) is 15.1. The minimum absolute atomic E-state index is 0.170. The summed E-state index contributed by atoms with van der Waals surface area (Å²) in [6.45, 7) is 0. The summed E-state index contributed by atoms with van der Waals surface area (Å²) in [5.74, 6) is -0.432. The van der Waals surface area contributed by atoms with Gasteiger partial charge in [0.25, 0.3) is 5.91 Å². The zero-order chi connectivity index (χ0) is 21.3. The van der Waals surface area contributed by atoms with Crippen molar-refractivity contribution in [1.82, 2.24) is 5.01 Å². The molecule has 3 aromatic rings. The summed E-state index contributed by atoms with van der Waals surface area (Å²) >= 11 is 0. The maximum atomic E-state index is 13.6. The number of hydrogen-bond acceptors (Lipinski definition) is 5. The summed E-state index contributed by atoms with van der Waals surface area (Å²) in [4.78, 5) is 13.1. The van der Waals surface area contributed by atoms with E-state index in [4.69, 9.17) is 4.42 Å². The van der Waals surface area contributed by atoms with Gasteiger partial charge in [-0.2, -0.15) is 5.10 Å². The van der Waals surface area contributed by atoms with Gasteiger partial charge in [0.15, 0.2) is 0 Å². The van der Waals surface area contributed by atoms with Gasteiger partial charge in [-0.05, 0) is 48.0 Å². The van der Waals surface area contributed by atoms with E-state index < -0.39 is 27.8 Å². The van der Waals surface area contributed by atoms with Crippen molar-refractivity contribution in [3.8, 4) is 0 Å². The van der Waals surface area contributed by atoms with Crippen molar-refractivity contribution in [2.45, 2.75) is 12.5 Å². The Labute approximate surface area is 172 Å². The van der Waals surface area contributed by atoms with Gasteiger partial charge < -0.3 is 4.42 Å². The number of nitrogens with zero attached hydrogens (tertiary/aromatic N) is 2. The van der Waals surface area contributed by atoms with Crippen LogP contribution in [0.5, 0.6) is 0 Å². The molecule has 1 aromatic heterocycles. The lowest BCUT2D eigenvalue weighted by Gasteiger charge is -2.19. The Balaban J connectivity index is 1.70. The number of halogens is 1. The van der Waals surface area contributed by atoms with Crippen molar-refractivity contribution < 1.29 is 22.0 Å². The first-order valence-corrected chi connectivity index (χ1v) is 11.0. The standard InChI is InChI=1S/C21H18FN3O4S/c1-30(27,28)24-17-8-3-5-14(12-17)18-13-19(20-9-4-10-29-20)25(23-18)21(26)15-6-2-7-16(22)11-15/h2-12,19,24H,13H2,1H3. The van der Waals surface area contributed by atoms with Gasteiger partial charge in [-0.15, -0.1) is 0 Å². The second-order valence-electron chi connectivity index (χ2n) is 6.90. The zero-order valence-electron chi connectivity index (χ0n) is 15.9. The highest BCUT2D eigenvalue weighted by Crippen LogP contribution is 2.34. The van der Waals surface area contributed by atoms with Crippen LogP contribution in [0.3, 0.4) is 0 Å². The molecule has 1 atom stereocenters. The van der Waals surface area contributed by atoms with Gasteiger partial charge in [-0.1, -0.05) is 18.2 Å². The van der Waals surface area contributed by atoms with Crippen LogP contribution < -0.4 is 4.72 Å². The summed E-state index contributed by atoms with van der Waals surface area (Å²) in [5.41, 5.74) is 1.80. The number of hydrazone groups is 1. The van der Waals surface area contributed by atoms with Crippen LogP contribution in [0.1, 0.15) is 34.1 Å². The fourth-order valence-corrected chi connectivity index (χ4v) is 3.86. The van der Waals surface area contributed by atoms with Crippen molar-refractivity contribution in [3.05, 3.63) is 89.6 Å². The molecule has 0 bridgehead atoms. The van der Waals surface area contributed by atoms with Crippen LogP contribution in [0.2, 0.25) is 0 Å². The Bertz CT molecular complexity index is 1220. The van der Waals surface area contributed by atoms with Crippen molar-refractivity contribution in [3.63, 3.8) is 0 Å². The molecule has 1 aliphatic heterocycles. The van der Waals surface area contributed by atoms with E-state index in [0.717, 1.165) is 12.3 Å². The van der Waals surface area contributed by atoms with E-state index in [1.54, 1.807) is 36.4 Å². The first-order chi connectivity index (χ1) is 14.3. The third kappa shape index (κ3) is 4.25. The first-order valence-electron chi connectivity index (χ1n) is 9.08. The Morgan fingerprint density at radius 1 is 1.17 bits per heavy atom. The molecule has 30 heavy (non-hydrogen) atoms. The van der Waals surface area contributed by atoms with Crippen molar-refractivity contribution in [2.24, 2.45) is 5.10 Å². The first kappa shape index (κ1) is 19.8. The van der Waals surface area contributed by atoms with Crippen LogP contribution in [-0.2, 0) is 10.0 Å². The van der Waals surface area contributed by atoms with E-state index in [1.165, 1.54) is 29.5 Å². The van der Waals surface area contributed by atoms with Gasteiger partial charge in [0.05, 0.1) is 18.2 Å². The fraction of sp³-hybridized carbons (Fsp3) is 0.143. The minimum atomic E-state index is -3.43. The average molecular weight is 427 g/mol. The normalized spacial score (nSPS) is 16.4. The summed E-state index contributed by atoms with van der Waals surface area (Å²) in [6.07, 6.45) is 2.94. The Kier molecular flexibility index (Phi) is 5.13. The molecule has 2 heterocycles. The number of carbonyl (C=O) groups excluding carboxylic acids is 1. The van der Waals surface area contributed by atoms with E-state index in [1.807, 2.05) is 0 Å². The molecule has 154 valence electrons. The van der Waals surface area contributed by atoms with E-state index >= 15 is 0 Å². The number of sulfonamides is 1. The highest BCUT2D eigenvalue weighted by Gasteiger charge is 2.35. The number of amides is 1. The van der Waals surface area contributed by atoms with Crippen LogP contribution in [0, 0.1) is 5.82 Å². The number of hydrogen-bond donors (Lipinski definition) is 1. The van der Waals surface area contributed by atoms with Crippen LogP contribution in [0.25, 0.3) is 0 Å². The van der Waals surface area contributed by atoms with E-state index in [9.17, 15) is 17.6 Å². The van der Waals surface area contributed by atoms with E-state index in [-0.39, 0.29) is 5.56 Å². The molecular weight excluding hydrogens is 409 g/mol. The molecule has 0 saturated carbocycles. The number of furan rings is 1. The fourth-order valence-electron chi connectivity index (χ4n) is 3.30. The topological polar surface area (TPSA) is 92.0 Å². The van der Waals surface area contributed by atoms with Crippen LogP contribution in [0.15, 0.2) is 76.4 Å². The van der Waals surface area contributed by atoms with Crippen LogP contribution in [-0.4, -0.2) is 31.3 Å². The molecule has 2 aromatic carbocycles. The van der Waals surface area contributed by atoms with Gasteiger partial charge >= 0.3 is 0 Å². The lowest BCUT2D eigenvalue weighted by atomic mass is 10.0. The lowest BCUT2D eigenvalue weighted by molar-refractivity contribution is 0.0692. The average Bonchev–Trinajstić information content (AvgIpc) is 3.36. The molecule has 0 aliphatic carbocycles. The predicted octanol–water partition coefficient (Wildman–Crippen LogP) is 3.78. The smallest absolute Gasteiger partial charge is 0.274 e. The highest BCUT2D eigenvalue weighted by molar-refractivity contribution is 7.92. The molecule has 0 radical (unpaired) electrons. The maximum Gasteiger partial charge on any atom is 0.274 e. The molecule has 9 heteroatoms. The molecule has 1 unspecified atom stereocenters. The second-order valence-corrected chi connectivity index (χ2v) is 8.65. The Hall–Kier alpha value is -3.46. The molecule has 0 saturated heterocycles. The Morgan fingerprint density at radius 3 is 2.67 bits per heavy atom. The molecule has 7 nitrogen and oxygen atoms in total. The molecular formula is C21H18FN3O4S. The highest BCUT2D eigenvalue weighted by atomic mass is 32.2. The summed E-state index contributed by atoms with van der Waals surface area (Å²) < 4.78 is 44.6. The quantitative estimate of drug-likeness (QED) is 0.671. The number of nitrogens with one attached hydrogen (secondary N) is 1. The minimum Gasteiger partial charge on any atom is -0.467 e. The molecule has 0 spiro atoms. The molecule has 1 amide bonds. The maximum absolute atomic E-state index is 13.6. The van der Waals surface area contributed by atoms with Crippen molar-refractivity contribution in [1.29, 1.82) is 0 Å². The molecule has 4 rings (SSSR count). The SMILES string of the molecule is CS(=O)(=O)Nc1cccc(C2=NN(C(=O)c3cccc(F)c3)C(c3ccco3)C2)c1.